The molecule has 1 atom stereocenters. The molecule has 3 heteroatoms. The monoisotopic (exact) mass is 160 g/mol. The summed E-state index contributed by atoms with van der Waals surface area (Å²) in [6.07, 6.45) is 0.804. The second-order valence-corrected chi connectivity index (χ2v) is 3.45. The van der Waals surface area contributed by atoms with Crippen LogP contribution in [0.25, 0.3) is 0 Å². The Hall–Kier alpha value is -0.150. The first-order valence-electron chi connectivity index (χ1n) is 4.30. The van der Waals surface area contributed by atoms with E-state index in [2.05, 4.69) is 4.90 Å². The molecule has 66 valence electrons. The van der Waals surface area contributed by atoms with Crippen molar-refractivity contribution in [2.45, 2.75) is 32.0 Å². The third-order valence-corrected chi connectivity index (χ3v) is 2.06. The molecule has 0 radical (unpaired) electrons. The zero-order valence-corrected chi connectivity index (χ0v) is 7.09. The normalized spacial score (nSPS) is 25.4. The van der Waals surface area contributed by atoms with E-state index in [1.165, 1.54) is 0 Å². The lowest BCUT2D eigenvalue weighted by atomic mass is 10.1. The van der Waals surface area contributed by atoms with E-state index in [-0.39, 0.29) is 6.04 Å². The maximum absolute atomic E-state index is 12.6. The van der Waals surface area contributed by atoms with Crippen molar-refractivity contribution in [2.75, 3.05) is 19.6 Å². The van der Waals surface area contributed by atoms with Crippen LogP contribution in [0.1, 0.15) is 19.8 Å². The van der Waals surface area contributed by atoms with E-state index in [0.717, 1.165) is 19.6 Å². The topological polar surface area (TPSA) is 29.3 Å². The molecule has 2 nitrogen and oxygen atoms in total. The van der Waals surface area contributed by atoms with E-state index >= 15 is 0 Å². The Morgan fingerprint density at radius 2 is 2.09 bits per heavy atom. The van der Waals surface area contributed by atoms with Crippen LogP contribution in [0.2, 0.25) is 0 Å². The van der Waals surface area contributed by atoms with Crippen LogP contribution in [0.3, 0.4) is 0 Å². The number of piperidine rings is 1. The number of nitrogens with zero attached hydrogens (tertiary/aromatic N) is 1. The molecule has 2 N–H and O–H groups in total. The molecular weight excluding hydrogens is 143 g/mol. The Morgan fingerprint density at radius 3 is 2.55 bits per heavy atom. The first-order chi connectivity index (χ1) is 5.18. The zero-order valence-electron chi connectivity index (χ0n) is 7.09. The fourth-order valence-corrected chi connectivity index (χ4v) is 1.49. The average molecular weight is 160 g/mol. The molecular formula is C8H17FN2. The molecule has 0 aliphatic carbocycles. The van der Waals surface area contributed by atoms with Crippen LogP contribution in [-0.2, 0) is 0 Å². The molecule has 0 saturated carbocycles. The molecule has 0 spiro atoms. The van der Waals surface area contributed by atoms with Gasteiger partial charge in [0.1, 0.15) is 6.17 Å². The van der Waals surface area contributed by atoms with E-state index in [0.29, 0.717) is 12.8 Å². The van der Waals surface area contributed by atoms with Crippen LogP contribution < -0.4 is 5.73 Å². The van der Waals surface area contributed by atoms with Gasteiger partial charge >= 0.3 is 0 Å². The molecule has 0 aromatic heterocycles. The Morgan fingerprint density at radius 1 is 1.55 bits per heavy atom. The standard InChI is InChI=1S/C8H17FN2/c1-7(10)6-11-4-2-8(9)3-5-11/h7-8H,2-6,10H2,1H3/t7-/m1/s1. The minimum atomic E-state index is -0.570. The molecule has 1 rings (SSSR count). The van der Waals surface area contributed by atoms with E-state index < -0.39 is 6.17 Å². The lowest BCUT2D eigenvalue weighted by Crippen LogP contribution is -2.41. The first kappa shape index (κ1) is 8.94. The number of hydrogen-bond donors (Lipinski definition) is 1. The second-order valence-electron chi connectivity index (χ2n) is 3.45. The quantitative estimate of drug-likeness (QED) is 0.646. The summed E-state index contributed by atoms with van der Waals surface area (Å²) in [5.74, 6) is 0. The van der Waals surface area contributed by atoms with Crippen molar-refractivity contribution < 1.29 is 4.39 Å². The van der Waals surface area contributed by atoms with E-state index in [4.69, 9.17) is 5.73 Å². The van der Waals surface area contributed by atoms with Gasteiger partial charge in [0.15, 0.2) is 0 Å². The van der Waals surface area contributed by atoms with Gasteiger partial charge in [0, 0.05) is 25.7 Å². The van der Waals surface area contributed by atoms with Gasteiger partial charge in [-0.25, -0.2) is 4.39 Å². The second kappa shape index (κ2) is 4.02. The SMILES string of the molecule is C[C@@H](N)CN1CCC(F)CC1. The third-order valence-electron chi connectivity index (χ3n) is 2.06. The van der Waals surface area contributed by atoms with E-state index in [9.17, 15) is 4.39 Å². The number of halogens is 1. The van der Waals surface area contributed by atoms with Gasteiger partial charge in [-0.2, -0.15) is 0 Å². The molecule has 0 unspecified atom stereocenters. The summed E-state index contributed by atoms with van der Waals surface area (Å²) in [5.41, 5.74) is 5.62. The highest BCUT2D eigenvalue weighted by molar-refractivity contribution is 4.73. The lowest BCUT2D eigenvalue weighted by molar-refractivity contribution is 0.146. The van der Waals surface area contributed by atoms with Crippen LogP contribution >= 0.6 is 0 Å². The lowest BCUT2D eigenvalue weighted by Gasteiger charge is -2.29. The van der Waals surface area contributed by atoms with Crippen molar-refractivity contribution in [2.24, 2.45) is 5.73 Å². The zero-order chi connectivity index (χ0) is 8.27. The van der Waals surface area contributed by atoms with Crippen molar-refractivity contribution in [1.29, 1.82) is 0 Å². The van der Waals surface area contributed by atoms with Gasteiger partial charge in [0.25, 0.3) is 0 Å². The van der Waals surface area contributed by atoms with Crippen molar-refractivity contribution in [3.05, 3.63) is 0 Å². The maximum Gasteiger partial charge on any atom is 0.103 e. The average Bonchev–Trinajstić information content (AvgIpc) is 1.93. The van der Waals surface area contributed by atoms with Gasteiger partial charge in [-0.3, -0.25) is 0 Å². The molecule has 1 fully saturated rings. The number of likely N-dealkylation sites (tertiary alicyclic amines) is 1. The van der Waals surface area contributed by atoms with E-state index in [1.54, 1.807) is 0 Å². The highest BCUT2D eigenvalue weighted by Gasteiger charge is 2.18. The summed E-state index contributed by atoms with van der Waals surface area (Å²) in [4.78, 5) is 2.24. The van der Waals surface area contributed by atoms with E-state index in [1.807, 2.05) is 6.92 Å². The van der Waals surface area contributed by atoms with Crippen LogP contribution in [0.4, 0.5) is 4.39 Å². The minimum Gasteiger partial charge on any atom is -0.327 e. The smallest absolute Gasteiger partial charge is 0.103 e. The molecule has 1 aliphatic heterocycles. The number of nitrogens with two attached hydrogens (primary N) is 1. The molecule has 0 aromatic carbocycles. The predicted octanol–water partition coefficient (Wildman–Crippen LogP) is 0.767. The van der Waals surface area contributed by atoms with Gasteiger partial charge in [0.2, 0.25) is 0 Å². The summed E-state index contributed by atoms with van der Waals surface area (Å²) in [6, 6.07) is 0.214. The molecule has 0 aromatic rings. The van der Waals surface area contributed by atoms with Gasteiger partial charge < -0.3 is 10.6 Å². The molecule has 11 heavy (non-hydrogen) atoms. The van der Waals surface area contributed by atoms with Crippen LogP contribution in [-0.4, -0.2) is 36.7 Å². The molecule has 1 heterocycles. The summed E-state index contributed by atoms with van der Waals surface area (Å²) in [7, 11) is 0. The molecule has 0 bridgehead atoms. The van der Waals surface area contributed by atoms with Crippen molar-refractivity contribution in [3.8, 4) is 0 Å². The Balaban J connectivity index is 2.17. The number of alkyl halides is 1. The van der Waals surface area contributed by atoms with Gasteiger partial charge in [-0.15, -0.1) is 0 Å². The summed E-state index contributed by atoms with van der Waals surface area (Å²) < 4.78 is 12.6. The van der Waals surface area contributed by atoms with Crippen molar-refractivity contribution >= 4 is 0 Å². The molecule has 1 saturated heterocycles. The Labute approximate surface area is 67.6 Å². The highest BCUT2D eigenvalue weighted by Crippen LogP contribution is 2.12. The number of rotatable bonds is 2. The predicted molar refractivity (Wildman–Crippen MR) is 44.2 cm³/mol. The van der Waals surface area contributed by atoms with Crippen molar-refractivity contribution in [3.63, 3.8) is 0 Å². The fourth-order valence-electron chi connectivity index (χ4n) is 1.49. The highest BCUT2D eigenvalue weighted by atomic mass is 19.1. The third kappa shape index (κ3) is 3.16. The Bertz CT molecular complexity index is 109. The van der Waals surface area contributed by atoms with Gasteiger partial charge in [-0.1, -0.05) is 0 Å². The molecule has 0 amide bonds. The molecule has 1 aliphatic rings. The first-order valence-corrected chi connectivity index (χ1v) is 4.30. The summed E-state index contributed by atoms with van der Waals surface area (Å²) in [6.45, 7) is 4.65. The van der Waals surface area contributed by atoms with Gasteiger partial charge in [0.05, 0.1) is 0 Å². The largest absolute Gasteiger partial charge is 0.327 e. The van der Waals surface area contributed by atoms with Crippen LogP contribution in [0.5, 0.6) is 0 Å². The summed E-state index contributed by atoms with van der Waals surface area (Å²) in [5, 5.41) is 0. The van der Waals surface area contributed by atoms with Crippen LogP contribution in [0, 0.1) is 0 Å². The fraction of sp³-hybridized carbons (Fsp3) is 1.00. The number of hydrogen-bond acceptors (Lipinski definition) is 2. The minimum absolute atomic E-state index is 0.214. The maximum atomic E-state index is 12.6. The summed E-state index contributed by atoms with van der Waals surface area (Å²) >= 11 is 0. The van der Waals surface area contributed by atoms with Crippen LogP contribution in [0.15, 0.2) is 0 Å². The van der Waals surface area contributed by atoms with Crippen molar-refractivity contribution in [1.82, 2.24) is 4.90 Å². The van der Waals surface area contributed by atoms with Gasteiger partial charge in [-0.05, 0) is 19.8 Å². The Kier molecular flexibility index (Phi) is 3.27.